The maximum atomic E-state index is 12.6. The maximum absolute atomic E-state index is 12.6. The van der Waals surface area contributed by atoms with Crippen LogP contribution in [0.25, 0.3) is 21.9 Å². The molecule has 0 atom stereocenters. The van der Waals surface area contributed by atoms with Gasteiger partial charge in [0.15, 0.2) is 9.84 Å². The Morgan fingerprint density at radius 3 is 2.64 bits per heavy atom. The Morgan fingerprint density at radius 1 is 1.12 bits per heavy atom. The van der Waals surface area contributed by atoms with Gasteiger partial charge in [0.05, 0.1) is 20.1 Å². The quantitative estimate of drug-likeness (QED) is 0.486. The van der Waals surface area contributed by atoms with Crippen molar-refractivity contribution in [1.29, 1.82) is 0 Å². The second kappa shape index (κ2) is 6.12. The molecule has 126 valence electrons. The summed E-state index contributed by atoms with van der Waals surface area (Å²) in [5.74, 6) is -0.0708. The third kappa shape index (κ3) is 2.94. The summed E-state index contributed by atoms with van der Waals surface area (Å²) in [5, 5.41) is 2.19. The van der Waals surface area contributed by atoms with Crippen molar-refractivity contribution in [3.8, 4) is 0 Å². The Bertz CT molecular complexity index is 1200. The fourth-order valence-electron chi connectivity index (χ4n) is 2.86. The van der Waals surface area contributed by atoms with E-state index in [2.05, 4.69) is 25.9 Å². The molecule has 0 amide bonds. The zero-order valence-corrected chi connectivity index (χ0v) is 16.0. The van der Waals surface area contributed by atoms with E-state index in [1.807, 2.05) is 12.1 Å². The Morgan fingerprint density at radius 2 is 1.88 bits per heavy atom. The Balaban J connectivity index is 1.84. The van der Waals surface area contributed by atoms with E-state index in [1.165, 1.54) is 0 Å². The van der Waals surface area contributed by atoms with E-state index >= 15 is 0 Å². The van der Waals surface area contributed by atoms with Crippen LogP contribution in [0.3, 0.4) is 0 Å². The largest absolute Gasteiger partial charge is 0.339 e. The molecule has 0 radical (unpaired) electrons. The summed E-state index contributed by atoms with van der Waals surface area (Å²) in [6.45, 7) is 0. The van der Waals surface area contributed by atoms with Crippen LogP contribution < -0.4 is 0 Å². The SMILES string of the molecule is O=S(=O)(Cc1ccc2[nH]c3ncc(Br)c(Cl)c3c2c1)c1ccccc1. The molecule has 2 aromatic carbocycles. The van der Waals surface area contributed by atoms with E-state index in [4.69, 9.17) is 11.6 Å². The van der Waals surface area contributed by atoms with Crippen molar-refractivity contribution < 1.29 is 8.42 Å². The second-order valence-electron chi connectivity index (χ2n) is 5.72. The molecule has 0 bridgehead atoms. The van der Waals surface area contributed by atoms with Gasteiger partial charge < -0.3 is 4.98 Å². The topological polar surface area (TPSA) is 62.8 Å². The van der Waals surface area contributed by atoms with Gasteiger partial charge in [0.1, 0.15) is 5.65 Å². The molecule has 4 nitrogen and oxygen atoms in total. The highest BCUT2D eigenvalue weighted by Crippen LogP contribution is 2.35. The number of halogens is 2. The molecular formula is C18H12BrClN2O2S. The summed E-state index contributed by atoms with van der Waals surface area (Å²) in [6.07, 6.45) is 1.64. The first-order chi connectivity index (χ1) is 12.0. The van der Waals surface area contributed by atoms with Crippen LogP contribution in [0.1, 0.15) is 5.56 Å². The summed E-state index contributed by atoms with van der Waals surface area (Å²) >= 11 is 9.78. The molecule has 7 heteroatoms. The number of H-pyrrole nitrogens is 1. The molecule has 0 aliphatic carbocycles. The molecule has 1 N–H and O–H groups in total. The Hall–Kier alpha value is -1.89. The highest BCUT2D eigenvalue weighted by molar-refractivity contribution is 9.10. The van der Waals surface area contributed by atoms with E-state index < -0.39 is 9.84 Å². The fraction of sp³-hybridized carbons (Fsp3) is 0.0556. The molecule has 0 fully saturated rings. The van der Waals surface area contributed by atoms with Crippen LogP contribution in [0.4, 0.5) is 0 Å². The second-order valence-corrected chi connectivity index (χ2v) is 8.94. The van der Waals surface area contributed by atoms with Crippen LogP contribution in [-0.4, -0.2) is 18.4 Å². The first kappa shape index (κ1) is 16.6. The molecular weight excluding hydrogens is 424 g/mol. The number of sulfone groups is 1. The van der Waals surface area contributed by atoms with Gasteiger partial charge >= 0.3 is 0 Å². The van der Waals surface area contributed by atoms with E-state index in [9.17, 15) is 8.42 Å². The number of benzene rings is 2. The molecule has 2 aromatic heterocycles. The van der Waals surface area contributed by atoms with Gasteiger partial charge in [-0.3, -0.25) is 0 Å². The van der Waals surface area contributed by atoms with Crippen LogP contribution in [0, 0.1) is 0 Å². The third-order valence-corrected chi connectivity index (χ3v) is 6.96. The number of rotatable bonds is 3. The predicted octanol–water partition coefficient (Wildman–Crippen LogP) is 5.11. The highest BCUT2D eigenvalue weighted by atomic mass is 79.9. The maximum Gasteiger partial charge on any atom is 0.182 e. The lowest BCUT2D eigenvalue weighted by atomic mass is 10.1. The van der Waals surface area contributed by atoms with Crippen molar-refractivity contribution in [3.63, 3.8) is 0 Å². The van der Waals surface area contributed by atoms with Crippen LogP contribution >= 0.6 is 27.5 Å². The number of aromatic amines is 1. The molecule has 0 aliphatic rings. The highest BCUT2D eigenvalue weighted by Gasteiger charge is 2.17. The Labute approximate surface area is 157 Å². The van der Waals surface area contributed by atoms with Gasteiger partial charge in [-0.1, -0.05) is 35.9 Å². The minimum Gasteiger partial charge on any atom is -0.339 e. The van der Waals surface area contributed by atoms with Gasteiger partial charge in [0.2, 0.25) is 0 Å². The van der Waals surface area contributed by atoms with E-state index in [-0.39, 0.29) is 5.75 Å². The van der Waals surface area contributed by atoms with Crippen molar-refractivity contribution in [1.82, 2.24) is 9.97 Å². The minimum absolute atomic E-state index is 0.0708. The summed E-state index contributed by atoms with van der Waals surface area (Å²) in [4.78, 5) is 7.84. The lowest BCUT2D eigenvalue weighted by molar-refractivity contribution is 0.595. The van der Waals surface area contributed by atoms with Crippen molar-refractivity contribution >= 4 is 59.3 Å². The monoisotopic (exact) mass is 434 g/mol. The lowest BCUT2D eigenvalue weighted by Gasteiger charge is -2.05. The zero-order chi connectivity index (χ0) is 17.6. The molecule has 0 unspecified atom stereocenters. The molecule has 0 saturated heterocycles. The Kier molecular flexibility index (Phi) is 4.06. The molecule has 0 saturated carbocycles. The van der Waals surface area contributed by atoms with Gasteiger partial charge in [-0.2, -0.15) is 0 Å². The molecule has 0 aliphatic heterocycles. The van der Waals surface area contributed by atoms with Gasteiger partial charge in [-0.25, -0.2) is 13.4 Å². The summed E-state index contributed by atoms with van der Waals surface area (Å²) in [5.41, 5.74) is 2.24. The van der Waals surface area contributed by atoms with E-state index in [0.717, 1.165) is 16.3 Å². The smallest absolute Gasteiger partial charge is 0.182 e. The first-order valence-corrected chi connectivity index (χ1v) is 10.3. The molecule has 0 spiro atoms. The van der Waals surface area contributed by atoms with Crippen LogP contribution in [0.15, 0.2) is 64.1 Å². The zero-order valence-electron chi connectivity index (χ0n) is 12.8. The average molecular weight is 436 g/mol. The average Bonchev–Trinajstić information content (AvgIpc) is 2.97. The fourth-order valence-corrected chi connectivity index (χ4v) is 4.76. The van der Waals surface area contributed by atoms with E-state index in [1.54, 1.807) is 42.6 Å². The predicted molar refractivity (Wildman–Crippen MR) is 104 cm³/mol. The van der Waals surface area contributed by atoms with Crippen LogP contribution in [0.5, 0.6) is 0 Å². The molecule has 25 heavy (non-hydrogen) atoms. The first-order valence-electron chi connectivity index (χ1n) is 7.48. The standard InChI is InChI=1S/C18H12BrClN2O2S/c19-14-9-21-18-16(17(14)20)13-8-11(6-7-15(13)22-18)10-25(23,24)12-4-2-1-3-5-12/h1-9H,10H2,(H,21,22). The van der Waals surface area contributed by atoms with Gasteiger partial charge in [-0.15, -0.1) is 0 Å². The molecule has 4 aromatic rings. The van der Waals surface area contributed by atoms with Gasteiger partial charge in [0.25, 0.3) is 0 Å². The molecule has 2 heterocycles. The summed E-state index contributed by atoms with van der Waals surface area (Å²) in [6, 6.07) is 14.0. The summed E-state index contributed by atoms with van der Waals surface area (Å²) in [7, 11) is -3.40. The van der Waals surface area contributed by atoms with Crippen molar-refractivity contribution in [2.45, 2.75) is 10.6 Å². The van der Waals surface area contributed by atoms with Gasteiger partial charge in [-0.05, 0) is 45.8 Å². The van der Waals surface area contributed by atoms with Crippen molar-refractivity contribution in [2.24, 2.45) is 0 Å². The van der Waals surface area contributed by atoms with Crippen LogP contribution in [0.2, 0.25) is 5.02 Å². The number of nitrogens with zero attached hydrogens (tertiary/aromatic N) is 1. The number of pyridine rings is 1. The number of hydrogen-bond acceptors (Lipinski definition) is 3. The van der Waals surface area contributed by atoms with Crippen molar-refractivity contribution in [2.75, 3.05) is 0 Å². The number of hydrogen-bond donors (Lipinski definition) is 1. The van der Waals surface area contributed by atoms with E-state index in [0.29, 0.717) is 25.6 Å². The van der Waals surface area contributed by atoms with Crippen molar-refractivity contribution in [3.05, 3.63) is 69.8 Å². The van der Waals surface area contributed by atoms with Crippen LogP contribution in [-0.2, 0) is 15.6 Å². The number of fused-ring (bicyclic) bond motifs is 3. The lowest BCUT2D eigenvalue weighted by Crippen LogP contribution is -2.04. The number of aromatic nitrogens is 2. The number of nitrogens with one attached hydrogen (secondary N) is 1. The normalized spacial score (nSPS) is 12.1. The van der Waals surface area contributed by atoms with Gasteiger partial charge in [0, 0.05) is 22.5 Å². The minimum atomic E-state index is -3.40. The summed E-state index contributed by atoms with van der Waals surface area (Å²) < 4.78 is 25.9. The molecule has 4 rings (SSSR count). The third-order valence-electron chi connectivity index (χ3n) is 4.04.